The Labute approximate surface area is 60.9 Å². The summed E-state index contributed by atoms with van der Waals surface area (Å²) >= 11 is 0. The van der Waals surface area contributed by atoms with Crippen molar-refractivity contribution in [1.82, 2.24) is 5.32 Å². The molecule has 0 fully saturated rings. The van der Waals surface area contributed by atoms with Gasteiger partial charge in [0.1, 0.15) is 0 Å². The molecule has 0 aliphatic rings. The molecular weight excluding hydrogens is 114 g/mol. The third kappa shape index (κ3) is 5.34. The van der Waals surface area contributed by atoms with E-state index < -0.39 is 6.98 Å². The fourth-order valence-corrected chi connectivity index (χ4v) is 0.598. The molecule has 2 nitrogen and oxygen atoms in total. The van der Waals surface area contributed by atoms with Crippen LogP contribution in [0.5, 0.6) is 0 Å². The summed E-state index contributed by atoms with van der Waals surface area (Å²) in [5, 5.41) is 1.94. The average molecular weight is 132 g/mol. The van der Waals surface area contributed by atoms with Gasteiger partial charge in [0, 0.05) is 17.5 Å². The minimum Gasteiger partial charge on any atom is -0.359 e. The molecule has 0 radical (unpaired) electrons. The first kappa shape index (κ1) is 4.31. The van der Waals surface area contributed by atoms with E-state index in [1.54, 1.807) is 0 Å². The van der Waals surface area contributed by atoms with Crippen molar-refractivity contribution < 1.29 is 8.91 Å². The van der Waals surface area contributed by atoms with Crippen LogP contribution in [0, 0.1) is 0 Å². The van der Waals surface area contributed by atoms with E-state index in [1.807, 2.05) is 12.2 Å². The molecule has 0 bridgehead atoms. The highest BCUT2D eigenvalue weighted by Crippen LogP contribution is 1.97. The number of nitrogens with one attached hydrogen (secondary N) is 1. The lowest BCUT2D eigenvalue weighted by Gasteiger charge is -1.96. The molecule has 1 N–H and O–H groups in total. The molecule has 0 spiro atoms. The average Bonchev–Trinajstić information content (AvgIpc) is 1.84. The summed E-state index contributed by atoms with van der Waals surface area (Å²) in [5.74, 6) is -0.386. The molecule has 0 unspecified atom stereocenters. The highest BCUT2D eigenvalue weighted by molar-refractivity contribution is 5.75. The molecule has 0 atom stereocenters. The van der Waals surface area contributed by atoms with Crippen LogP contribution in [-0.2, 0) is 4.79 Å². The maximum atomic E-state index is 10.9. The quantitative estimate of drug-likeness (QED) is 0.574. The minimum absolute atomic E-state index is 0.312. The van der Waals surface area contributed by atoms with E-state index in [0.717, 1.165) is 19.3 Å². The second-order valence-electron chi connectivity index (χ2n) is 2.01. The monoisotopic (exact) mass is 132 g/mol. The standard InChI is InChI=1S/C7H15NO/c1-3-4-5-6-7(9)8-2/h3-6H2,1-2H3,(H,8,9)/i2D3. The maximum absolute atomic E-state index is 10.9. The Morgan fingerprint density at radius 1 is 1.67 bits per heavy atom. The zero-order valence-corrected chi connectivity index (χ0v) is 5.74. The smallest absolute Gasteiger partial charge is 0.219 e. The number of carbonyl (C=O) groups is 1. The topological polar surface area (TPSA) is 29.1 Å². The van der Waals surface area contributed by atoms with Gasteiger partial charge in [-0.15, -0.1) is 0 Å². The largest absolute Gasteiger partial charge is 0.359 e. The maximum Gasteiger partial charge on any atom is 0.219 e. The molecule has 0 saturated heterocycles. The van der Waals surface area contributed by atoms with Crippen LogP contribution in [0.15, 0.2) is 0 Å². The molecule has 0 saturated carbocycles. The molecule has 1 amide bonds. The lowest BCUT2D eigenvalue weighted by molar-refractivity contribution is -0.120. The first-order chi connectivity index (χ1) is 5.45. The van der Waals surface area contributed by atoms with E-state index in [1.165, 1.54) is 0 Å². The van der Waals surface area contributed by atoms with Gasteiger partial charge in [0.2, 0.25) is 5.91 Å². The molecule has 0 aromatic rings. The Morgan fingerprint density at radius 3 is 3.00 bits per heavy atom. The molecule has 0 rings (SSSR count). The Bertz CT molecular complexity index is 144. The lowest BCUT2D eigenvalue weighted by atomic mass is 10.2. The zero-order valence-electron chi connectivity index (χ0n) is 8.74. The van der Waals surface area contributed by atoms with Crippen LogP contribution in [0.1, 0.15) is 36.7 Å². The van der Waals surface area contributed by atoms with Gasteiger partial charge in [-0.1, -0.05) is 19.8 Å². The molecule has 9 heavy (non-hydrogen) atoms. The SMILES string of the molecule is [2H]C([2H])([2H])NC(=O)CCCCC. The number of hydrogen-bond acceptors (Lipinski definition) is 1. The normalized spacial score (nSPS) is 15.4. The summed E-state index contributed by atoms with van der Waals surface area (Å²) in [6, 6.07) is 0. The summed E-state index contributed by atoms with van der Waals surface area (Å²) in [6.07, 6.45) is 3.07. The summed E-state index contributed by atoms with van der Waals surface area (Å²) in [5.41, 5.74) is 0. The highest BCUT2D eigenvalue weighted by Gasteiger charge is 1.94. The number of amides is 1. The Hall–Kier alpha value is -0.530. The van der Waals surface area contributed by atoms with Gasteiger partial charge in [0.05, 0.1) is 0 Å². The highest BCUT2D eigenvalue weighted by atomic mass is 16.1. The fraction of sp³-hybridized carbons (Fsp3) is 0.857. The lowest BCUT2D eigenvalue weighted by Crippen LogP contribution is -2.16. The van der Waals surface area contributed by atoms with Crippen molar-refractivity contribution in [2.75, 3.05) is 6.98 Å². The van der Waals surface area contributed by atoms with Gasteiger partial charge >= 0.3 is 0 Å². The Balaban J connectivity index is 3.47. The van der Waals surface area contributed by atoms with Crippen LogP contribution < -0.4 is 5.32 Å². The second-order valence-corrected chi connectivity index (χ2v) is 2.01. The van der Waals surface area contributed by atoms with Gasteiger partial charge in [-0.3, -0.25) is 4.79 Å². The first-order valence-corrected chi connectivity index (χ1v) is 3.26. The molecule has 0 aliphatic heterocycles. The number of hydrogen-bond donors (Lipinski definition) is 1. The van der Waals surface area contributed by atoms with Crippen molar-refractivity contribution in [2.45, 2.75) is 32.6 Å². The fourth-order valence-electron chi connectivity index (χ4n) is 0.598. The zero-order chi connectivity index (χ0) is 9.61. The van der Waals surface area contributed by atoms with Crippen molar-refractivity contribution in [3.8, 4) is 0 Å². The van der Waals surface area contributed by atoms with Gasteiger partial charge in [0.15, 0.2) is 0 Å². The van der Waals surface area contributed by atoms with Crippen molar-refractivity contribution in [3.05, 3.63) is 0 Å². The molecule has 54 valence electrons. The number of unbranched alkanes of at least 4 members (excludes halogenated alkanes) is 2. The van der Waals surface area contributed by atoms with Gasteiger partial charge in [-0.25, -0.2) is 0 Å². The van der Waals surface area contributed by atoms with Crippen molar-refractivity contribution in [3.63, 3.8) is 0 Å². The van der Waals surface area contributed by atoms with E-state index in [9.17, 15) is 4.79 Å². The van der Waals surface area contributed by atoms with Crippen LogP contribution in [0.25, 0.3) is 0 Å². The first-order valence-electron chi connectivity index (χ1n) is 4.76. The van der Waals surface area contributed by atoms with Gasteiger partial charge in [-0.2, -0.15) is 0 Å². The van der Waals surface area contributed by atoms with Gasteiger partial charge in [0.25, 0.3) is 0 Å². The molecule has 0 aromatic heterocycles. The predicted octanol–water partition coefficient (Wildman–Crippen LogP) is 1.31. The summed E-state index contributed by atoms with van der Waals surface area (Å²) in [6.45, 7) is -0.301. The van der Waals surface area contributed by atoms with Crippen molar-refractivity contribution >= 4 is 5.91 Å². The summed E-state index contributed by atoms with van der Waals surface area (Å²) in [7, 11) is 0. The van der Waals surface area contributed by atoms with Crippen LogP contribution in [0.3, 0.4) is 0 Å². The van der Waals surface area contributed by atoms with E-state index >= 15 is 0 Å². The third-order valence-corrected chi connectivity index (χ3v) is 1.15. The summed E-state index contributed by atoms with van der Waals surface area (Å²) in [4.78, 5) is 10.9. The van der Waals surface area contributed by atoms with Gasteiger partial charge < -0.3 is 5.32 Å². The molecule has 2 heteroatoms. The van der Waals surface area contributed by atoms with Crippen LogP contribution in [0.4, 0.5) is 0 Å². The van der Waals surface area contributed by atoms with E-state index in [2.05, 4.69) is 0 Å². The Kier molecular flexibility index (Phi) is 2.68. The van der Waals surface area contributed by atoms with E-state index in [-0.39, 0.29) is 5.91 Å². The van der Waals surface area contributed by atoms with Crippen LogP contribution in [-0.4, -0.2) is 12.9 Å². The molecule has 0 aromatic carbocycles. The van der Waals surface area contributed by atoms with Crippen molar-refractivity contribution in [1.29, 1.82) is 0 Å². The predicted molar refractivity (Wildman–Crippen MR) is 38.2 cm³/mol. The number of carbonyl (C=O) groups excluding carboxylic acids is 1. The second kappa shape index (κ2) is 5.60. The number of rotatable bonds is 4. The van der Waals surface area contributed by atoms with E-state index in [0.29, 0.717) is 6.42 Å². The summed E-state index contributed by atoms with van der Waals surface area (Å²) < 4.78 is 20.2. The van der Waals surface area contributed by atoms with Crippen molar-refractivity contribution in [2.24, 2.45) is 0 Å². The molecular formula is C7H15NO. The molecule has 0 aliphatic carbocycles. The van der Waals surface area contributed by atoms with Crippen LogP contribution in [0.2, 0.25) is 0 Å². The Morgan fingerprint density at radius 2 is 2.44 bits per heavy atom. The minimum atomic E-state index is -2.33. The van der Waals surface area contributed by atoms with Crippen LogP contribution >= 0.6 is 0 Å². The van der Waals surface area contributed by atoms with Gasteiger partial charge in [-0.05, 0) is 6.42 Å². The molecule has 0 heterocycles. The van der Waals surface area contributed by atoms with E-state index in [4.69, 9.17) is 4.11 Å². The third-order valence-electron chi connectivity index (χ3n) is 1.15.